The van der Waals surface area contributed by atoms with Crippen LogP contribution < -0.4 is 10.5 Å². The monoisotopic (exact) mass is 250 g/mol. The number of nitrogens with two attached hydrogens (primary N) is 1. The summed E-state index contributed by atoms with van der Waals surface area (Å²) in [6, 6.07) is 5.82. The van der Waals surface area contributed by atoms with Crippen LogP contribution in [0, 0.1) is 5.92 Å². The van der Waals surface area contributed by atoms with Gasteiger partial charge in [-0.05, 0) is 37.9 Å². The molecule has 4 nitrogen and oxygen atoms in total. The second kappa shape index (κ2) is 6.07. The molecule has 1 heterocycles. The van der Waals surface area contributed by atoms with E-state index in [1.165, 1.54) is 5.56 Å². The molecule has 0 radical (unpaired) electrons. The molecule has 0 atom stereocenters. The number of nitrogens with zero attached hydrogens (tertiary/aromatic N) is 1. The Morgan fingerprint density at radius 1 is 1.39 bits per heavy atom. The van der Waals surface area contributed by atoms with Gasteiger partial charge in [-0.15, -0.1) is 0 Å². The predicted molar refractivity (Wildman–Crippen MR) is 72.5 cm³/mol. The molecule has 1 aromatic rings. The molecule has 1 aromatic carbocycles. The van der Waals surface area contributed by atoms with Crippen molar-refractivity contribution < 1.29 is 9.84 Å². The number of aliphatic hydroxyl groups is 1. The van der Waals surface area contributed by atoms with Crippen LogP contribution in [-0.2, 0) is 6.54 Å². The highest BCUT2D eigenvalue weighted by atomic mass is 16.5. The third-order valence-corrected chi connectivity index (χ3v) is 3.67. The second-order valence-corrected chi connectivity index (χ2v) is 4.97. The Morgan fingerprint density at radius 3 is 2.72 bits per heavy atom. The van der Waals surface area contributed by atoms with E-state index in [1.807, 2.05) is 18.2 Å². The molecule has 2 rings (SSSR count). The molecule has 4 heteroatoms. The minimum Gasteiger partial charge on any atom is -0.496 e. The van der Waals surface area contributed by atoms with Gasteiger partial charge in [-0.2, -0.15) is 0 Å². The maximum atomic E-state index is 9.13. The summed E-state index contributed by atoms with van der Waals surface area (Å²) in [5.41, 5.74) is 7.66. The average Bonchev–Trinajstić information content (AvgIpc) is 2.41. The number of likely N-dealkylation sites (tertiary alicyclic amines) is 1. The van der Waals surface area contributed by atoms with Crippen molar-refractivity contribution >= 4 is 5.69 Å². The van der Waals surface area contributed by atoms with Crippen molar-refractivity contribution in [3.63, 3.8) is 0 Å². The number of aliphatic hydroxyl groups excluding tert-OH is 1. The predicted octanol–water partition coefficient (Wildman–Crippen LogP) is 1.48. The van der Waals surface area contributed by atoms with Crippen LogP contribution in [0.25, 0.3) is 0 Å². The fourth-order valence-electron chi connectivity index (χ4n) is 2.46. The number of rotatable bonds is 4. The largest absolute Gasteiger partial charge is 0.496 e. The fourth-order valence-corrected chi connectivity index (χ4v) is 2.46. The van der Waals surface area contributed by atoms with E-state index in [0.717, 1.165) is 43.9 Å². The van der Waals surface area contributed by atoms with Crippen LogP contribution in [0.5, 0.6) is 5.75 Å². The number of hydrogen-bond acceptors (Lipinski definition) is 4. The van der Waals surface area contributed by atoms with E-state index in [9.17, 15) is 0 Å². The summed E-state index contributed by atoms with van der Waals surface area (Å²) >= 11 is 0. The van der Waals surface area contributed by atoms with Gasteiger partial charge < -0.3 is 15.6 Å². The van der Waals surface area contributed by atoms with Gasteiger partial charge in [0.2, 0.25) is 0 Å². The van der Waals surface area contributed by atoms with Gasteiger partial charge in [-0.3, -0.25) is 4.90 Å². The standard InChI is InChI=1S/C14H22N2O2/c1-18-14-8-13(15)3-2-12(14)9-16-6-4-11(10-17)5-7-16/h2-3,8,11,17H,4-7,9-10,15H2,1H3. The first-order valence-corrected chi connectivity index (χ1v) is 6.48. The zero-order chi connectivity index (χ0) is 13.0. The van der Waals surface area contributed by atoms with E-state index >= 15 is 0 Å². The van der Waals surface area contributed by atoms with Gasteiger partial charge in [-0.1, -0.05) is 6.07 Å². The van der Waals surface area contributed by atoms with Gasteiger partial charge >= 0.3 is 0 Å². The SMILES string of the molecule is COc1cc(N)ccc1CN1CCC(CO)CC1. The van der Waals surface area contributed by atoms with E-state index in [2.05, 4.69) is 4.90 Å². The van der Waals surface area contributed by atoms with Gasteiger partial charge in [0.25, 0.3) is 0 Å². The topological polar surface area (TPSA) is 58.7 Å². The summed E-state index contributed by atoms with van der Waals surface area (Å²) in [7, 11) is 1.68. The normalized spacial score (nSPS) is 17.9. The van der Waals surface area contributed by atoms with Crippen LogP contribution in [-0.4, -0.2) is 36.8 Å². The van der Waals surface area contributed by atoms with Gasteiger partial charge in [0.05, 0.1) is 7.11 Å². The highest BCUT2D eigenvalue weighted by Crippen LogP contribution is 2.25. The zero-order valence-electron chi connectivity index (χ0n) is 10.9. The molecule has 0 saturated carbocycles. The molecule has 100 valence electrons. The Labute approximate surface area is 108 Å². The number of benzene rings is 1. The van der Waals surface area contributed by atoms with Crippen LogP contribution in [0.3, 0.4) is 0 Å². The lowest BCUT2D eigenvalue weighted by atomic mass is 9.97. The quantitative estimate of drug-likeness (QED) is 0.795. The lowest BCUT2D eigenvalue weighted by Crippen LogP contribution is -2.34. The van der Waals surface area contributed by atoms with Crippen LogP contribution in [0.2, 0.25) is 0 Å². The Bertz CT molecular complexity index is 387. The molecule has 0 unspecified atom stereocenters. The molecule has 0 aliphatic carbocycles. The number of hydrogen-bond donors (Lipinski definition) is 2. The average molecular weight is 250 g/mol. The lowest BCUT2D eigenvalue weighted by molar-refractivity contribution is 0.127. The third-order valence-electron chi connectivity index (χ3n) is 3.67. The summed E-state index contributed by atoms with van der Waals surface area (Å²) < 4.78 is 5.36. The van der Waals surface area contributed by atoms with Gasteiger partial charge in [0, 0.05) is 30.5 Å². The van der Waals surface area contributed by atoms with Gasteiger partial charge in [0.15, 0.2) is 0 Å². The van der Waals surface area contributed by atoms with E-state index in [1.54, 1.807) is 7.11 Å². The molecule has 18 heavy (non-hydrogen) atoms. The van der Waals surface area contributed by atoms with Crippen molar-refractivity contribution in [2.45, 2.75) is 19.4 Å². The number of ether oxygens (including phenoxy) is 1. The Kier molecular flexibility index (Phi) is 4.44. The number of piperidine rings is 1. The summed E-state index contributed by atoms with van der Waals surface area (Å²) in [6.07, 6.45) is 2.15. The Morgan fingerprint density at radius 2 is 2.11 bits per heavy atom. The molecule has 0 spiro atoms. The smallest absolute Gasteiger partial charge is 0.125 e. The molecule has 1 fully saturated rings. The number of nitrogen functional groups attached to an aromatic ring is 1. The maximum absolute atomic E-state index is 9.13. The van der Waals surface area contributed by atoms with Crippen LogP contribution in [0.4, 0.5) is 5.69 Å². The third kappa shape index (κ3) is 3.15. The molecule has 1 aliphatic rings. The Hall–Kier alpha value is -1.26. The van der Waals surface area contributed by atoms with E-state index < -0.39 is 0 Å². The highest BCUT2D eigenvalue weighted by molar-refractivity contribution is 5.48. The summed E-state index contributed by atoms with van der Waals surface area (Å²) in [5.74, 6) is 1.34. The van der Waals surface area contributed by atoms with Crippen LogP contribution in [0.15, 0.2) is 18.2 Å². The van der Waals surface area contributed by atoms with E-state index in [-0.39, 0.29) is 0 Å². The van der Waals surface area contributed by atoms with Gasteiger partial charge in [0.1, 0.15) is 5.75 Å². The van der Waals surface area contributed by atoms with Crippen molar-refractivity contribution in [3.8, 4) is 5.75 Å². The first kappa shape index (κ1) is 13.2. The number of methoxy groups -OCH3 is 1. The van der Waals surface area contributed by atoms with Crippen molar-refractivity contribution in [1.82, 2.24) is 4.90 Å². The lowest BCUT2D eigenvalue weighted by Gasteiger charge is -2.31. The van der Waals surface area contributed by atoms with Crippen molar-refractivity contribution in [2.75, 3.05) is 32.5 Å². The highest BCUT2D eigenvalue weighted by Gasteiger charge is 2.19. The first-order valence-electron chi connectivity index (χ1n) is 6.48. The molecular formula is C14H22N2O2. The second-order valence-electron chi connectivity index (χ2n) is 4.97. The molecule has 3 N–H and O–H groups in total. The minimum atomic E-state index is 0.318. The first-order chi connectivity index (χ1) is 8.72. The van der Waals surface area contributed by atoms with Gasteiger partial charge in [-0.25, -0.2) is 0 Å². The molecule has 0 aromatic heterocycles. The zero-order valence-corrected chi connectivity index (χ0v) is 10.9. The van der Waals surface area contributed by atoms with Crippen molar-refractivity contribution in [2.24, 2.45) is 5.92 Å². The molecule has 1 aliphatic heterocycles. The van der Waals surface area contributed by atoms with E-state index in [0.29, 0.717) is 12.5 Å². The molecular weight excluding hydrogens is 228 g/mol. The fraction of sp³-hybridized carbons (Fsp3) is 0.571. The van der Waals surface area contributed by atoms with Crippen LogP contribution in [0.1, 0.15) is 18.4 Å². The molecule has 0 bridgehead atoms. The summed E-state index contributed by atoms with van der Waals surface area (Å²) in [5, 5.41) is 9.13. The molecule has 0 amide bonds. The number of anilines is 1. The van der Waals surface area contributed by atoms with Crippen LogP contribution >= 0.6 is 0 Å². The van der Waals surface area contributed by atoms with Crippen molar-refractivity contribution in [3.05, 3.63) is 23.8 Å². The maximum Gasteiger partial charge on any atom is 0.125 e. The summed E-state index contributed by atoms with van der Waals surface area (Å²) in [4.78, 5) is 2.40. The van der Waals surface area contributed by atoms with Crippen molar-refractivity contribution in [1.29, 1.82) is 0 Å². The Balaban J connectivity index is 1.97. The molecule has 1 saturated heterocycles. The minimum absolute atomic E-state index is 0.318. The van der Waals surface area contributed by atoms with E-state index in [4.69, 9.17) is 15.6 Å². The summed E-state index contributed by atoms with van der Waals surface area (Å²) in [6.45, 7) is 3.29.